The molecule has 1 aliphatic rings. The van der Waals surface area contributed by atoms with E-state index < -0.39 is 9.84 Å². The molecule has 3 unspecified atom stereocenters. The third-order valence-corrected chi connectivity index (χ3v) is 6.40. The van der Waals surface area contributed by atoms with E-state index in [-0.39, 0.29) is 16.9 Å². The Morgan fingerprint density at radius 1 is 1.21 bits per heavy atom. The molecule has 0 amide bonds. The summed E-state index contributed by atoms with van der Waals surface area (Å²) in [5, 5.41) is -0.263. The highest BCUT2D eigenvalue weighted by atomic mass is 32.2. The maximum absolute atomic E-state index is 12.6. The Balaban J connectivity index is 2.17. The lowest BCUT2D eigenvalue weighted by atomic mass is 9.82. The average molecular weight is 281 g/mol. The van der Waals surface area contributed by atoms with Gasteiger partial charge in [-0.05, 0) is 36.8 Å². The third kappa shape index (κ3) is 3.57. The number of nitrogens with two attached hydrogens (primary N) is 1. The van der Waals surface area contributed by atoms with Gasteiger partial charge in [0.25, 0.3) is 0 Å². The molecule has 0 aliphatic heterocycles. The van der Waals surface area contributed by atoms with Crippen molar-refractivity contribution in [2.45, 2.75) is 37.2 Å². The molecule has 1 fully saturated rings. The lowest BCUT2D eigenvalue weighted by molar-refractivity contribution is 0.296. The molecular formula is C15H23NO2S. The molecule has 0 aromatic heterocycles. The van der Waals surface area contributed by atoms with Crippen LogP contribution in [0.25, 0.3) is 0 Å². The van der Waals surface area contributed by atoms with Crippen molar-refractivity contribution in [2.24, 2.45) is 17.6 Å². The van der Waals surface area contributed by atoms with Crippen LogP contribution < -0.4 is 5.73 Å². The van der Waals surface area contributed by atoms with Gasteiger partial charge < -0.3 is 5.73 Å². The SMILES string of the molecule is CC1CCC(CN)C(S(=O)(=O)Cc2ccccc2)C1. The van der Waals surface area contributed by atoms with Crippen molar-refractivity contribution < 1.29 is 8.42 Å². The van der Waals surface area contributed by atoms with Gasteiger partial charge in [0.1, 0.15) is 0 Å². The van der Waals surface area contributed by atoms with Crippen LogP contribution in [0.4, 0.5) is 0 Å². The summed E-state index contributed by atoms with van der Waals surface area (Å²) < 4.78 is 25.2. The molecule has 2 rings (SSSR count). The van der Waals surface area contributed by atoms with Gasteiger partial charge in [-0.3, -0.25) is 0 Å². The second-order valence-corrected chi connectivity index (χ2v) is 7.97. The molecule has 3 atom stereocenters. The minimum atomic E-state index is -3.11. The molecule has 0 saturated heterocycles. The van der Waals surface area contributed by atoms with Gasteiger partial charge in [-0.25, -0.2) is 8.42 Å². The van der Waals surface area contributed by atoms with Crippen LogP contribution in [-0.4, -0.2) is 20.2 Å². The summed E-state index contributed by atoms with van der Waals surface area (Å²) in [6.45, 7) is 2.61. The van der Waals surface area contributed by atoms with E-state index in [0.29, 0.717) is 12.5 Å². The summed E-state index contributed by atoms with van der Waals surface area (Å²) in [6, 6.07) is 9.42. The normalized spacial score (nSPS) is 28.2. The highest BCUT2D eigenvalue weighted by Crippen LogP contribution is 2.34. The largest absolute Gasteiger partial charge is 0.330 e. The number of hydrogen-bond acceptors (Lipinski definition) is 3. The van der Waals surface area contributed by atoms with Crippen molar-refractivity contribution in [1.29, 1.82) is 0 Å². The maximum atomic E-state index is 12.6. The Kier molecular flexibility index (Phi) is 4.63. The summed E-state index contributed by atoms with van der Waals surface area (Å²) in [4.78, 5) is 0. The maximum Gasteiger partial charge on any atom is 0.157 e. The summed E-state index contributed by atoms with van der Waals surface area (Å²) in [5.74, 6) is 0.755. The van der Waals surface area contributed by atoms with Crippen LogP contribution in [0.15, 0.2) is 30.3 Å². The molecule has 1 aromatic carbocycles. The quantitative estimate of drug-likeness (QED) is 0.921. The van der Waals surface area contributed by atoms with Crippen LogP contribution in [0.5, 0.6) is 0 Å². The zero-order valence-electron chi connectivity index (χ0n) is 11.5. The van der Waals surface area contributed by atoms with Crippen molar-refractivity contribution >= 4 is 9.84 Å². The highest BCUT2D eigenvalue weighted by molar-refractivity contribution is 7.91. The summed E-state index contributed by atoms with van der Waals surface area (Å²) in [7, 11) is -3.11. The number of benzene rings is 1. The van der Waals surface area contributed by atoms with Gasteiger partial charge in [0.15, 0.2) is 9.84 Å². The van der Waals surface area contributed by atoms with Crippen molar-refractivity contribution in [3.63, 3.8) is 0 Å². The molecule has 0 radical (unpaired) electrons. The molecule has 1 aromatic rings. The summed E-state index contributed by atoms with van der Waals surface area (Å²) in [6.07, 6.45) is 2.80. The first-order valence-electron chi connectivity index (χ1n) is 6.98. The van der Waals surface area contributed by atoms with Gasteiger partial charge in [-0.15, -0.1) is 0 Å². The van der Waals surface area contributed by atoms with E-state index in [2.05, 4.69) is 6.92 Å². The van der Waals surface area contributed by atoms with Crippen LogP contribution in [0, 0.1) is 11.8 Å². The van der Waals surface area contributed by atoms with Gasteiger partial charge in [0.2, 0.25) is 0 Å². The fraction of sp³-hybridized carbons (Fsp3) is 0.600. The predicted molar refractivity (Wildman–Crippen MR) is 78.4 cm³/mol. The van der Waals surface area contributed by atoms with Gasteiger partial charge in [-0.2, -0.15) is 0 Å². The highest BCUT2D eigenvalue weighted by Gasteiger charge is 2.36. The molecule has 0 bridgehead atoms. The number of sulfone groups is 1. The summed E-state index contributed by atoms with van der Waals surface area (Å²) >= 11 is 0. The Morgan fingerprint density at radius 3 is 2.53 bits per heavy atom. The van der Waals surface area contributed by atoms with E-state index in [1.54, 1.807) is 0 Å². The fourth-order valence-corrected chi connectivity index (χ4v) is 5.34. The van der Waals surface area contributed by atoms with E-state index in [1.165, 1.54) is 0 Å². The minimum Gasteiger partial charge on any atom is -0.330 e. The van der Waals surface area contributed by atoms with E-state index in [9.17, 15) is 8.42 Å². The molecule has 1 saturated carbocycles. The molecule has 1 aliphatic carbocycles. The molecule has 0 heterocycles. The van der Waals surface area contributed by atoms with E-state index in [4.69, 9.17) is 5.73 Å². The van der Waals surface area contributed by atoms with Crippen molar-refractivity contribution in [1.82, 2.24) is 0 Å². The standard InChI is InChI=1S/C15H23NO2S/c1-12-7-8-14(10-16)15(9-12)19(17,18)11-13-5-3-2-4-6-13/h2-6,12,14-15H,7-11,16H2,1H3. The molecule has 3 nitrogen and oxygen atoms in total. The van der Waals surface area contributed by atoms with Crippen molar-refractivity contribution in [3.8, 4) is 0 Å². The Labute approximate surface area is 116 Å². The summed E-state index contributed by atoms with van der Waals surface area (Å²) in [5.41, 5.74) is 6.64. The monoisotopic (exact) mass is 281 g/mol. The zero-order chi connectivity index (χ0) is 13.9. The average Bonchev–Trinajstić information content (AvgIpc) is 2.39. The van der Waals surface area contributed by atoms with Crippen LogP contribution in [-0.2, 0) is 15.6 Å². The topological polar surface area (TPSA) is 60.2 Å². The molecule has 4 heteroatoms. The van der Waals surface area contributed by atoms with Gasteiger partial charge >= 0.3 is 0 Å². The van der Waals surface area contributed by atoms with Crippen LogP contribution in [0.3, 0.4) is 0 Å². The van der Waals surface area contributed by atoms with Gasteiger partial charge in [-0.1, -0.05) is 43.7 Å². The lowest BCUT2D eigenvalue weighted by Crippen LogP contribution is -2.39. The Morgan fingerprint density at radius 2 is 1.89 bits per heavy atom. The van der Waals surface area contributed by atoms with Crippen molar-refractivity contribution in [2.75, 3.05) is 6.54 Å². The van der Waals surface area contributed by atoms with Gasteiger partial charge in [0.05, 0.1) is 11.0 Å². The smallest absolute Gasteiger partial charge is 0.157 e. The van der Waals surface area contributed by atoms with Crippen molar-refractivity contribution in [3.05, 3.63) is 35.9 Å². The van der Waals surface area contributed by atoms with E-state index in [1.807, 2.05) is 30.3 Å². The van der Waals surface area contributed by atoms with Crippen LogP contribution in [0.1, 0.15) is 31.7 Å². The Bertz CT molecular complexity index is 498. The molecule has 0 spiro atoms. The predicted octanol–water partition coefficient (Wildman–Crippen LogP) is 2.36. The first-order valence-corrected chi connectivity index (χ1v) is 8.70. The molecule has 2 N–H and O–H groups in total. The molecule has 19 heavy (non-hydrogen) atoms. The third-order valence-electron chi connectivity index (χ3n) is 4.17. The number of rotatable bonds is 4. The van der Waals surface area contributed by atoms with E-state index in [0.717, 1.165) is 24.8 Å². The fourth-order valence-electron chi connectivity index (χ4n) is 3.01. The first kappa shape index (κ1) is 14.5. The van der Waals surface area contributed by atoms with Crippen LogP contribution >= 0.6 is 0 Å². The molecule has 106 valence electrons. The van der Waals surface area contributed by atoms with Crippen LogP contribution in [0.2, 0.25) is 0 Å². The Hall–Kier alpha value is -0.870. The van der Waals surface area contributed by atoms with Gasteiger partial charge in [0, 0.05) is 0 Å². The first-order chi connectivity index (χ1) is 9.03. The lowest BCUT2D eigenvalue weighted by Gasteiger charge is -2.33. The minimum absolute atomic E-state index is 0.130. The molecular weight excluding hydrogens is 258 g/mol. The number of hydrogen-bond donors (Lipinski definition) is 1. The zero-order valence-corrected chi connectivity index (χ0v) is 12.3. The van der Waals surface area contributed by atoms with E-state index >= 15 is 0 Å². The second kappa shape index (κ2) is 6.06. The second-order valence-electron chi connectivity index (χ2n) is 5.75.